The summed E-state index contributed by atoms with van der Waals surface area (Å²) in [6.45, 7) is 0. The minimum Gasteiger partial charge on any atom is -0.371 e. The molecule has 2 aliphatic carbocycles. The van der Waals surface area contributed by atoms with Gasteiger partial charge in [0.1, 0.15) is 17.1 Å². The molecular weight excluding hydrogens is 462 g/mol. The lowest BCUT2D eigenvalue weighted by Crippen LogP contribution is -2.43. The molecule has 2 N–H and O–H groups in total. The van der Waals surface area contributed by atoms with E-state index in [-0.39, 0.29) is 23.7 Å². The molecule has 1 fully saturated rings. The number of carbonyl (C=O) groups excluding carboxylic acids is 1. The molecule has 5 nitrogen and oxygen atoms in total. The first kappa shape index (κ1) is 24.4. The molecule has 2 heterocycles. The molecule has 0 aromatic carbocycles. The quantitative estimate of drug-likeness (QED) is 0.559. The minimum absolute atomic E-state index is 0.105. The summed E-state index contributed by atoms with van der Waals surface area (Å²) in [5.41, 5.74) is -0.509. The molecule has 0 radical (unpaired) electrons. The fraction of sp³-hybridized carbons (Fsp3) is 0.565. The van der Waals surface area contributed by atoms with Crippen LogP contribution in [0.25, 0.3) is 0 Å². The fourth-order valence-corrected chi connectivity index (χ4v) is 4.82. The molecule has 0 saturated heterocycles. The molecule has 1 amide bonds. The van der Waals surface area contributed by atoms with Crippen molar-refractivity contribution in [1.82, 2.24) is 15.3 Å². The maximum atomic E-state index is 13.1. The van der Waals surface area contributed by atoms with Gasteiger partial charge in [-0.2, -0.15) is 26.3 Å². The number of rotatable bonds is 4. The summed E-state index contributed by atoms with van der Waals surface area (Å²) in [6.07, 6.45) is -3.70. The first-order valence-corrected chi connectivity index (χ1v) is 11.3. The highest BCUT2D eigenvalue weighted by Crippen LogP contribution is 2.37. The van der Waals surface area contributed by atoms with Crippen LogP contribution in [-0.4, -0.2) is 35.0 Å². The standard InChI is InChI=1S/C23H26F6N4O/c1-33(16-11-19(22(24,25)26)32-20(12-16)23(27,28)29)15-8-6-14(7-9-15)30-21(34)18-10-13-4-2-3-5-17(13)31-18/h10-12,14-15,31H,2-9H2,1H3,(H,30,34)/t14-,15+. The summed E-state index contributed by atoms with van der Waals surface area (Å²) < 4.78 is 78.8. The van der Waals surface area contributed by atoms with E-state index in [1.807, 2.05) is 6.07 Å². The predicted molar refractivity (Wildman–Crippen MR) is 114 cm³/mol. The van der Waals surface area contributed by atoms with Gasteiger partial charge in [0.15, 0.2) is 0 Å². The molecule has 0 atom stereocenters. The van der Waals surface area contributed by atoms with E-state index in [0.717, 1.165) is 31.4 Å². The van der Waals surface area contributed by atoms with E-state index in [9.17, 15) is 31.1 Å². The maximum Gasteiger partial charge on any atom is 0.433 e. The summed E-state index contributed by atoms with van der Waals surface area (Å²) in [6, 6.07) is 2.83. The number of fused-ring (bicyclic) bond motifs is 1. The molecule has 186 valence electrons. The molecule has 0 unspecified atom stereocenters. The van der Waals surface area contributed by atoms with Crippen LogP contribution in [0.4, 0.5) is 32.0 Å². The van der Waals surface area contributed by atoms with Gasteiger partial charge in [0.25, 0.3) is 5.91 Å². The highest BCUT2D eigenvalue weighted by atomic mass is 19.4. The molecule has 2 aliphatic rings. The number of halogens is 6. The van der Waals surface area contributed by atoms with E-state index in [1.54, 1.807) is 0 Å². The third-order valence-corrected chi connectivity index (χ3v) is 6.74. The Kier molecular flexibility index (Phi) is 6.56. The van der Waals surface area contributed by atoms with Gasteiger partial charge in [0.2, 0.25) is 0 Å². The Morgan fingerprint density at radius 3 is 2.12 bits per heavy atom. The number of pyridine rings is 1. The van der Waals surface area contributed by atoms with Gasteiger partial charge in [0, 0.05) is 30.5 Å². The highest BCUT2D eigenvalue weighted by Gasteiger charge is 2.39. The van der Waals surface area contributed by atoms with Crippen LogP contribution in [0.2, 0.25) is 0 Å². The average Bonchev–Trinajstić information content (AvgIpc) is 3.22. The van der Waals surface area contributed by atoms with E-state index in [4.69, 9.17) is 0 Å². The summed E-state index contributed by atoms with van der Waals surface area (Å²) in [4.78, 5) is 20.1. The zero-order valence-electron chi connectivity index (χ0n) is 18.6. The molecule has 2 aromatic heterocycles. The Morgan fingerprint density at radius 2 is 1.56 bits per heavy atom. The Hall–Kier alpha value is -2.72. The van der Waals surface area contributed by atoms with Gasteiger partial charge in [-0.25, -0.2) is 4.98 Å². The molecule has 0 aliphatic heterocycles. The number of alkyl halides is 6. The normalized spacial score (nSPS) is 21.1. The predicted octanol–water partition coefficient (Wildman–Crippen LogP) is 5.50. The molecule has 34 heavy (non-hydrogen) atoms. The van der Waals surface area contributed by atoms with Crippen molar-refractivity contribution in [3.05, 3.63) is 46.5 Å². The smallest absolute Gasteiger partial charge is 0.371 e. The van der Waals surface area contributed by atoms with Crippen molar-refractivity contribution in [1.29, 1.82) is 0 Å². The van der Waals surface area contributed by atoms with Crippen molar-refractivity contribution < 1.29 is 31.1 Å². The third kappa shape index (κ3) is 5.33. The van der Waals surface area contributed by atoms with Crippen LogP contribution in [0, 0.1) is 0 Å². The van der Waals surface area contributed by atoms with Gasteiger partial charge >= 0.3 is 12.4 Å². The summed E-state index contributed by atoms with van der Waals surface area (Å²) in [5.74, 6) is -0.190. The molecule has 4 rings (SSSR count). The number of aromatic nitrogens is 2. The number of nitrogens with zero attached hydrogens (tertiary/aromatic N) is 2. The van der Waals surface area contributed by atoms with Crippen molar-refractivity contribution >= 4 is 11.6 Å². The second-order valence-electron chi connectivity index (χ2n) is 9.08. The maximum absolute atomic E-state index is 13.1. The second-order valence-corrected chi connectivity index (χ2v) is 9.08. The van der Waals surface area contributed by atoms with Gasteiger partial charge in [-0.1, -0.05) is 0 Å². The lowest BCUT2D eigenvalue weighted by molar-refractivity contribution is -0.150. The van der Waals surface area contributed by atoms with E-state index in [1.165, 1.54) is 17.5 Å². The van der Waals surface area contributed by atoms with Crippen molar-refractivity contribution in [2.75, 3.05) is 11.9 Å². The number of H-pyrrole nitrogens is 1. The van der Waals surface area contributed by atoms with Crippen LogP contribution in [0.1, 0.15) is 71.7 Å². The SMILES string of the molecule is CN(c1cc(C(F)(F)F)nc(C(F)(F)F)c1)[C@H]1CC[C@@H](NC(=O)c2cc3c([nH]2)CCCC3)CC1. The number of hydrogen-bond acceptors (Lipinski definition) is 3. The Balaban J connectivity index is 1.40. The van der Waals surface area contributed by atoms with Crippen LogP contribution >= 0.6 is 0 Å². The number of carbonyl (C=O) groups is 1. The molecule has 0 bridgehead atoms. The third-order valence-electron chi connectivity index (χ3n) is 6.74. The number of hydrogen-bond donors (Lipinski definition) is 2. The zero-order valence-corrected chi connectivity index (χ0v) is 18.6. The van der Waals surface area contributed by atoms with Crippen molar-refractivity contribution in [2.45, 2.75) is 75.8 Å². The molecule has 11 heteroatoms. The largest absolute Gasteiger partial charge is 0.433 e. The van der Waals surface area contributed by atoms with Crippen LogP contribution in [0.5, 0.6) is 0 Å². The summed E-state index contributed by atoms with van der Waals surface area (Å²) in [5, 5.41) is 3.01. The van der Waals surface area contributed by atoms with Gasteiger partial charge in [0.05, 0.1) is 0 Å². The molecular formula is C23H26F6N4O. The lowest BCUT2D eigenvalue weighted by atomic mass is 9.90. The molecule has 2 aromatic rings. The van der Waals surface area contributed by atoms with Gasteiger partial charge < -0.3 is 15.2 Å². The van der Waals surface area contributed by atoms with Gasteiger partial charge in [-0.05, 0) is 75.1 Å². The van der Waals surface area contributed by atoms with Crippen LogP contribution in [-0.2, 0) is 25.2 Å². The first-order valence-electron chi connectivity index (χ1n) is 11.3. The van der Waals surface area contributed by atoms with E-state index < -0.39 is 23.7 Å². The average molecular weight is 488 g/mol. The zero-order chi connectivity index (χ0) is 24.7. The lowest BCUT2D eigenvalue weighted by Gasteiger charge is -2.36. The highest BCUT2D eigenvalue weighted by molar-refractivity contribution is 5.93. The van der Waals surface area contributed by atoms with Gasteiger partial charge in [-0.15, -0.1) is 0 Å². The fourth-order valence-electron chi connectivity index (χ4n) is 4.82. The van der Waals surface area contributed by atoms with Crippen molar-refractivity contribution in [3.8, 4) is 0 Å². The van der Waals surface area contributed by atoms with Crippen LogP contribution in [0.15, 0.2) is 18.2 Å². The number of nitrogens with one attached hydrogen (secondary N) is 2. The Labute approximate surface area is 192 Å². The minimum atomic E-state index is -4.99. The van der Waals surface area contributed by atoms with E-state index in [2.05, 4.69) is 15.3 Å². The van der Waals surface area contributed by atoms with Crippen molar-refractivity contribution in [2.24, 2.45) is 0 Å². The van der Waals surface area contributed by atoms with Gasteiger partial charge in [-0.3, -0.25) is 4.79 Å². The monoisotopic (exact) mass is 488 g/mol. The van der Waals surface area contributed by atoms with Crippen LogP contribution in [0.3, 0.4) is 0 Å². The number of amides is 1. The second kappa shape index (κ2) is 9.14. The topological polar surface area (TPSA) is 61.0 Å². The van der Waals surface area contributed by atoms with Crippen LogP contribution < -0.4 is 10.2 Å². The van der Waals surface area contributed by atoms with Crippen molar-refractivity contribution in [3.63, 3.8) is 0 Å². The molecule has 1 saturated carbocycles. The number of aryl methyl sites for hydroxylation is 2. The Bertz CT molecular complexity index is 981. The van der Waals surface area contributed by atoms with E-state index in [0.29, 0.717) is 43.5 Å². The number of anilines is 1. The Morgan fingerprint density at radius 1 is 0.971 bits per heavy atom. The first-order chi connectivity index (χ1) is 15.9. The van der Waals surface area contributed by atoms with E-state index >= 15 is 0 Å². The summed E-state index contributed by atoms with van der Waals surface area (Å²) in [7, 11) is 1.49. The summed E-state index contributed by atoms with van der Waals surface area (Å²) >= 11 is 0. The molecule has 0 spiro atoms. The number of aromatic amines is 1.